The lowest BCUT2D eigenvalue weighted by Gasteiger charge is -2.32. The third-order valence-corrected chi connectivity index (χ3v) is 2.21. The Kier molecular flexibility index (Phi) is 3.76. The van der Waals surface area contributed by atoms with E-state index in [4.69, 9.17) is 4.74 Å². The molecule has 0 bridgehead atoms. The topological polar surface area (TPSA) is 29.5 Å². The van der Waals surface area contributed by atoms with Gasteiger partial charge in [-0.15, -0.1) is 0 Å². The van der Waals surface area contributed by atoms with E-state index >= 15 is 0 Å². The molecule has 2 atom stereocenters. The summed E-state index contributed by atoms with van der Waals surface area (Å²) >= 11 is 0. The lowest BCUT2D eigenvalue weighted by Crippen LogP contribution is -2.41. The molecule has 0 saturated carbocycles. The van der Waals surface area contributed by atoms with Crippen molar-refractivity contribution in [3.63, 3.8) is 0 Å². The predicted octanol–water partition coefficient (Wildman–Crippen LogP) is 1.74. The van der Waals surface area contributed by atoms with E-state index in [1.807, 2.05) is 13.8 Å². The lowest BCUT2D eigenvalue weighted by atomic mass is 9.91. The summed E-state index contributed by atoms with van der Waals surface area (Å²) in [7, 11) is 1.61. The number of aliphatic hydroxyl groups excluding tert-OH is 1. The van der Waals surface area contributed by atoms with Crippen LogP contribution in [-0.2, 0) is 4.74 Å². The summed E-state index contributed by atoms with van der Waals surface area (Å²) in [5.74, 6) is 0. The second kappa shape index (κ2) is 3.88. The van der Waals surface area contributed by atoms with Crippen LogP contribution in [0.4, 0.5) is 0 Å². The molecule has 0 fully saturated rings. The van der Waals surface area contributed by atoms with Gasteiger partial charge in [0.25, 0.3) is 0 Å². The summed E-state index contributed by atoms with van der Waals surface area (Å²) in [6.07, 6.45) is 0.204. The van der Waals surface area contributed by atoms with Crippen molar-refractivity contribution < 1.29 is 9.84 Å². The SMILES string of the molecule is C=C(C)C(O)C(C)(CC)OC. The number of ether oxygens (including phenoxy) is 1. The highest BCUT2D eigenvalue weighted by Gasteiger charge is 2.31. The molecular formula is C9H18O2. The van der Waals surface area contributed by atoms with Crippen molar-refractivity contribution >= 4 is 0 Å². The number of hydrogen-bond donors (Lipinski definition) is 1. The van der Waals surface area contributed by atoms with Crippen LogP contribution in [0.25, 0.3) is 0 Å². The van der Waals surface area contributed by atoms with Gasteiger partial charge in [-0.1, -0.05) is 13.5 Å². The Balaban J connectivity index is 4.36. The van der Waals surface area contributed by atoms with Crippen LogP contribution in [0.2, 0.25) is 0 Å². The molecule has 0 rings (SSSR count). The number of rotatable bonds is 4. The van der Waals surface area contributed by atoms with Gasteiger partial charge in [0.15, 0.2) is 0 Å². The third kappa shape index (κ3) is 2.31. The summed E-state index contributed by atoms with van der Waals surface area (Å²) < 4.78 is 5.20. The van der Waals surface area contributed by atoms with Crippen molar-refractivity contribution in [3.05, 3.63) is 12.2 Å². The molecule has 0 aromatic carbocycles. The molecule has 0 saturated heterocycles. The van der Waals surface area contributed by atoms with Crippen molar-refractivity contribution in [3.8, 4) is 0 Å². The van der Waals surface area contributed by atoms with Crippen LogP contribution in [-0.4, -0.2) is 23.9 Å². The van der Waals surface area contributed by atoms with Crippen molar-refractivity contribution in [1.29, 1.82) is 0 Å². The molecule has 2 nitrogen and oxygen atoms in total. The fourth-order valence-electron chi connectivity index (χ4n) is 0.971. The Morgan fingerprint density at radius 2 is 2.18 bits per heavy atom. The van der Waals surface area contributed by atoms with Gasteiger partial charge in [-0.3, -0.25) is 0 Å². The van der Waals surface area contributed by atoms with E-state index < -0.39 is 11.7 Å². The van der Waals surface area contributed by atoms with Crippen molar-refractivity contribution in [1.82, 2.24) is 0 Å². The highest BCUT2D eigenvalue weighted by atomic mass is 16.5. The average molecular weight is 158 g/mol. The molecule has 66 valence electrons. The maximum absolute atomic E-state index is 9.62. The summed E-state index contributed by atoms with van der Waals surface area (Å²) in [5, 5.41) is 9.62. The van der Waals surface area contributed by atoms with Crippen molar-refractivity contribution in [2.45, 2.75) is 38.9 Å². The molecule has 0 amide bonds. The first kappa shape index (κ1) is 10.7. The van der Waals surface area contributed by atoms with Gasteiger partial charge >= 0.3 is 0 Å². The van der Waals surface area contributed by atoms with Gasteiger partial charge in [0.05, 0.1) is 5.60 Å². The Morgan fingerprint density at radius 3 is 2.27 bits per heavy atom. The third-order valence-electron chi connectivity index (χ3n) is 2.21. The van der Waals surface area contributed by atoms with Gasteiger partial charge in [-0.2, -0.15) is 0 Å². The molecule has 0 aromatic rings. The summed E-state index contributed by atoms with van der Waals surface area (Å²) in [5.41, 5.74) is 0.266. The average Bonchev–Trinajstić information content (AvgIpc) is 2.01. The largest absolute Gasteiger partial charge is 0.386 e. The maximum atomic E-state index is 9.62. The van der Waals surface area contributed by atoms with Crippen LogP contribution in [0, 0.1) is 0 Å². The van der Waals surface area contributed by atoms with E-state index in [1.165, 1.54) is 0 Å². The Labute approximate surface area is 68.9 Å². The Hall–Kier alpha value is -0.340. The predicted molar refractivity (Wildman–Crippen MR) is 46.5 cm³/mol. The molecule has 0 aliphatic carbocycles. The highest BCUT2D eigenvalue weighted by Crippen LogP contribution is 2.22. The molecule has 0 aliphatic rings. The van der Waals surface area contributed by atoms with Crippen LogP contribution in [0.15, 0.2) is 12.2 Å². The zero-order valence-corrected chi connectivity index (χ0v) is 7.85. The summed E-state index contributed by atoms with van der Waals surface area (Å²) in [6.45, 7) is 9.35. The van der Waals surface area contributed by atoms with Crippen LogP contribution in [0.3, 0.4) is 0 Å². The van der Waals surface area contributed by atoms with Gasteiger partial charge in [0.2, 0.25) is 0 Å². The quantitative estimate of drug-likeness (QED) is 0.631. The lowest BCUT2D eigenvalue weighted by molar-refractivity contribution is -0.0764. The van der Waals surface area contributed by atoms with Gasteiger partial charge in [0.1, 0.15) is 6.10 Å². The smallest absolute Gasteiger partial charge is 0.103 e. The first-order valence-corrected chi connectivity index (χ1v) is 3.86. The van der Waals surface area contributed by atoms with Crippen LogP contribution < -0.4 is 0 Å². The molecule has 2 unspecified atom stereocenters. The minimum absolute atomic E-state index is 0.480. The molecule has 2 heteroatoms. The second-order valence-corrected chi connectivity index (χ2v) is 3.12. The monoisotopic (exact) mass is 158 g/mol. The molecule has 1 N–H and O–H groups in total. The van der Waals surface area contributed by atoms with Gasteiger partial charge in [0, 0.05) is 7.11 Å². The minimum atomic E-state index is -0.572. The van der Waals surface area contributed by atoms with Gasteiger partial charge in [-0.25, -0.2) is 0 Å². The number of methoxy groups -OCH3 is 1. The van der Waals surface area contributed by atoms with Gasteiger partial charge in [-0.05, 0) is 25.8 Å². The number of hydrogen-bond acceptors (Lipinski definition) is 2. The van der Waals surface area contributed by atoms with E-state index in [-0.39, 0.29) is 0 Å². The molecule has 0 spiro atoms. The van der Waals surface area contributed by atoms with Crippen LogP contribution in [0.5, 0.6) is 0 Å². The first-order valence-electron chi connectivity index (χ1n) is 3.86. The molecule has 11 heavy (non-hydrogen) atoms. The molecule has 0 aliphatic heterocycles. The zero-order valence-electron chi connectivity index (χ0n) is 7.85. The Morgan fingerprint density at radius 1 is 1.73 bits per heavy atom. The van der Waals surface area contributed by atoms with E-state index in [2.05, 4.69) is 6.58 Å². The molecule has 0 aromatic heterocycles. The second-order valence-electron chi connectivity index (χ2n) is 3.12. The van der Waals surface area contributed by atoms with Crippen LogP contribution in [0.1, 0.15) is 27.2 Å². The normalized spacial score (nSPS) is 19.0. The summed E-state index contributed by atoms with van der Waals surface area (Å²) in [4.78, 5) is 0. The zero-order chi connectivity index (χ0) is 9.07. The first-order chi connectivity index (χ1) is 4.98. The Bertz CT molecular complexity index is 136. The molecule has 0 heterocycles. The van der Waals surface area contributed by atoms with E-state index in [9.17, 15) is 5.11 Å². The van der Waals surface area contributed by atoms with E-state index in [0.717, 1.165) is 12.0 Å². The molecular weight excluding hydrogens is 140 g/mol. The standard InChI is InChI=1S/C9H18O2/c1-6-9(4,11-5)8(10)7(2)3/h8,10H,2,6H2,1,3-5H3. The molecule has 0 radical (unpaired) electrons. The highest BCUT2D eigenvalue weighted by molar-refractivity contribution is 5.05. The van der Waals surface area contributed by atoms with Crippen molar-refractivity contribution in [2.75, 3.05) is 7.11 Å². The van der Waals surface area contributed by atoms with Gasteiger partial charge < -0.3 is 9.84 Å². The fourth-order valence-corrected chi connectivity index (χ4v) is 0.971. The van der Waals surface area contributed by atoms with E-state index in [0.29, 0.717) is 0 Å². The minimum Gasteiger partial charge on any atom is -0.386 e. The van der Waals surface area contributed by atoms with E-state index in [1.54, 1.807) is 14.0 Å². The maximum Gasteiger partial charge on any atom is 0.103 e. The summed E-state index contributed by atoms with van der Waals surface area (Å²) in [6, 6.07) is 0. The van der Waals surface area contributed by atoms with Crippen LogP contribution >= 0.6 is 0 Å². The fraction of sp³-hybridized carbons (Fsp3) is 0.778. The van der Waals surface area contributed by atoms with Crippen molar-refractivity contribution in [2.24, 2.45) is 0 Å². The number of aliphatic hydroxyl groups is 1.